The lowest BCUT2D eigenvalue weighted by atomic mass is 10.2. The number of fused-ring (bicyclic) bond motifs is 1. The van der Waals surface area contributed by atoms with Gasteiger partial charge in [-0.2, -0.15) is 4.99 Å². The number of hydrogen-bond acceptors (Lipinski definition) is 5. The van der Waals surface area contributed by atoms with E-state index in [2.05, 4.69) is 4.99 Å². The number of rotatable bonds is 6. The van der Waals surface area contributed by atoms with Crippen LogP contribution in [0.5, 0.6) is 0 Å². The normalized spacial score (nSPS) is 13.1. The fourth-order valence-electron chi connectivity index (χ4n) is 2.11. The Labute approximate surface area is 145 Å². The lowest BCUT2D eigenvalue weighted by Gasteiger charge is -2.06. The first-order valence-corrected chi connectivity index (χ1v) is 10.4. The Balaban J connectivity index is 2.61. The van der Waals surface area contributed by atoms with Gasteiger partial charge in [0.2, 0.25) is 0 Å². The van der Waals surface area contributed by atoms with Crippen molar-refractivity contribution in [2.45, 2.75) is 32.2 Å². The molecule has 0 fully saturated rings. The second-order valence-corrected chi connectivity index (χ2v) is 8.76. The molecule has 0 bridgehead atoms. The molecule has 24 heavy (non-hydrogen) atoms. The van der Waals surface area contributed by atoms with E-state index in [1.165, 1.54) is 17.6 Å². The van der Waals surface area contributed by atoms with E-state index in [0.717, 1.165) is 10.2 Å². The number of ether oxygens (including phenoxy) is 1. The van der Waals surface area contributed by atoms with Crippen LogP contribution in [-0.4, -0.2) is 38.4 Å². The Bertz CT molecular complexity index is 908. The van der Waals surface area contributed by atoms with E-state index >= 15 is 0 Å². The third kappa shape index (κ3) is 4.31. The third-order valence-corrected chi connectivity index (χ3v) is 5.60. The number of carbonyl (C=O) groups excluding carboxylic acids is 1. The van der Waals surface area contributed by atoms with Crippen molar-refractivity contribution >= 4 is 37.3 Å². The highest BCUT2D eigenvalue weighted by Gasteiger charge is 2.13. The summed E-state index contributed by atoms with van der Waals surface area (Å²) < 4.78 is 31.6. The molecule has 1 heterocycles. The summed E-state index contributed by atoms with van der Waals surface area (Å²) in [5.74, 6) is -0.391. The Morgan fingerprint density at radius 3 is 2.67 bits per heavy atom. The molecule has 132 valence electrons. The van der Waals surface area contributed by atoms with Crippen LogP contribution in [-0.2, 0) is 25.9 Å². The van der Waals surface area contributed by atoms with Gasteiger partial charge in [-0.25, -0.2) is 8.42 Å². The van der Waals surface area contributed by atoms with Crippen LogP contribution in [0.3, 0.4) is 0 Å². The lowest BCUT2D eigenvalue weighted by Crippen LogP contribution is -2.20. The zero-order valence-electron chi connectivity index (χ0n) is 14.3. The summed E-state index contributed by atoms with van der Waals surface area (Å²) in [5, 5.41) is 0. The van der Waals surface area contributed by atoms with E-state index in [1.54, 1.807) is 32.0 Å². The first-order chi connectivity index (χ1) is 11.2. The van der Waals surface area contributed by atoms with E-state index in [-0.39, 0.29) is 16.7 Å². The highest BCUT2D eigenvalue weighted by atomic mass is 32.2. The number of carbonyl (C=O) groups is 1. The summed E-state index contributed by atoms with van der Waals surface area (Å²) in [5.41, 5.74) is 0.849. The van der Waals surface area contributed by atoms with Crippen molar-refractivity contribution in [3.63, 3.8) is 0 Å². The minimum atomic E-state index is -3.28. The van der Waals surface area contributed by atoms with Gasteiger partial charge in [-0.3, -0.25) is 4.79 Å². The average Bonchev–Trinajstić information content (AvgIpc) is 2.83. The summed E-state index contributed by atoms with van der Waals surface area (Å²) in [6, 6.07) is 4.97. The monoisotopic (exact) mass is 370 g/mol. The van der Waals surface area contributed by atoms with Crippen molar-refractivity contribution < 1.29 is 17.9 Å². The van der Waals surface area contributed by atoms with Crippen molar-refractivity contribution in [3.8, 4) is 0 Å². The van der Waals surface area contributed by atoms with Crippen LogP contribution in [0.4, 0.5) is 0 Å². The molecule has 0 radical (unpaired) electrons. The topological polar surface area (TPSA) is 77.7 Å². The molecule has 6 nitrogen and oxygen atoms in total. The quantitative estimate of drug-likeness (QED) is 0.731. The van der Waals surface area contributed by atoms with Gasteiger partial charge in [-0.15, -0.1) is 0 Å². The molecular formula is C16H22N2O4S2. The molecule has 0 saturated carbocycles. The van der Waals surface area contributed by atoms with Crippen LogP contribution < -0.4 is 4.80 Å². The van der Waals surface area contributed by atoms with Crippen molar-refractivity contribution in [1.29, 1.82) is 0 Å². The standard InChI is InChI=1S/C16H22N2O4S2/c1-5-22-9-8-18-13-7-6-12(24(4,20)21)10-14(13)23-16(18)17-15(19)11(2)3/h6-7,10-11H,5,8-9H2,1-4H3. The largest absolute Gasteiger partial charge is 0.380 e. The molecule has 0 spiro atoms. The molecule has 0 atom stereocenters. The van der Waals surface area contributed by atoms with Gasteiger partial charge in [0, 0.05) is 25.3 Å². The van der Waals surface area contributed by atoms with Gasteiger partial charge in [-0.1, -0.05) is 25.2 Å². The predicted octanol–water partition coefficient (Wildman–Crippen LogP) is 2.23. The molecule has 2 aromatic rings. The maximum atomic E-state index is 12.0. The number of thiazole rings is 1. The predicted molar refractivity (Wildman–Crippen MR) is 94.8 cm³/mol. The molecule has 0 aliphatic rings. The van der Waals surface area contributed by atoms with E-state index in [0.29, 0.717) is 24.6 Å². The first-order valence-electron chi connectivity index (χ1n) is 7.73. The Hall–Kier alpha value is -1.51. The zero-order valence-corrected chi connectivity index (χ0v) is 15.9. The highest BCUT2D eigenvalue weighted by Crippen LogP contribution is 2.22. The molecule has 0 N–H and O–H groups in total. The van der Waals surface area contributed by atoms with Gasteiger partial charge in [0.25, 0.3) is 5.91 Å². The van der Waals surface area contributed by atoms with Crippen molar-refractivity contribution in [2.24, 2.45) is 10.9 Å². The van der Waals surface area contributed by atoms with Crippen molar-refractivity contribution in [1.82, 2.24) is 4.57 Å². The smallest absolute Gasteiger partial charge is 0.250 e. The Morgan fingerprint density at radius 1 is 1.38 bits per heavy atom. The van der Waals surface area contributed by atoms with E-state index in [4.69, 9.17) is 4.74 Å². The van der Waals surface area contributed by atoms with E-state index in [1.807, 2.05) is 11.5 Å². The van der Waals surface area contributed by atoms with E-state index in [9.17, 15) is 13.2 Å². The SMILES string of the molecule is CCOCCn1c(=NC(=O)C(C)C)sc2cc(S(C)(=O)=O)ccc21. The Morgan fingerprint density at radius 2 is 2.08 bits per heavy atom. The molecule has 0 saturated heterocycles. The summed E-state index contributed by atoms with van der Waals surface area (Å²) in [6.07, 6.45) is 1.18. The highest BCUT2D eigenvalue weighted by molar-refractivity contribution is 7.90. The van der Waals surface area contributed by atoms with Crippen LogP contribution in [0.2, 0.25) is 0 Å². The second-order valence-electron chi connectivity index (χ2n) is 5.74. The molecule has 2 rings (SSSR count). The van der Waals surface area contributed by atoms with Gasteiger partial charge in [0.1, 0.15) is 0 Å². The Kier molecular flexibility index (Phi) is 5.95. The van der Waals surface area contributed by atoms with Gasteiger partial charge in [0.05, 0.1) is 21.7 Å². The summed E-state index contributed by atoms with van der Waals surface area (Å²) in [6.45, 7) is 7.17. The average molecular weight is 370 g/mol. The number of benzene rings is 1. The minimum Gasteiger partial charge on any atom is -0.380 e. The van der Waals surface area contributed by atoms with Gasteiger partial charge in [-0.05, 0) is 25.1 Å². The summed E-state index contributed by atoms with van der Waals surface area (Å²) in [4.78, 5) is 17.0. The maximum absolute atomic E-state index is 12.0. The van der Waals surface area contributed by atoms with Crippen LogP contribution in [0.1, 0.15) is 20.8 Å². The van der Waals surface area contributed by atoms with Crippen LogP contribution in [0.15, 0.2) is 28.1 Å². The molecule has 0 unspecified atom stereocenters. The maximum Gasteiger partial charge on any atom is 0.250 e. The number of nitrogens with zero attached hydrogens (tertiary/aromatic N) is 2. The molecular weight excluding hydrogens is 348 g/mol. The van der Waals surface area contributed by atoms with E-state index < -0.39 is 9.84 Å². The van der Waals surface area contributed by atoms with Crippen molar-refractivity contribution in [3.05, 3.63) is 23.0 Å². The minimum absolute atomic E-state index is 0.192. The molecule has 8 heteroatoms. The van der Waals surface area contributed by atoms with Crippen molar-refractivity contribution in [2.75, 3.05) is 19.5 Å². The lowest BCUT2D eigenvalue weighted by molar-refractivity contribution is -0.120. The van der Waals surface area contributed by atoms with Gasteiger partial charge in [0.15, 0.2) is 14.6 Å². The van der Waals surface area contributed by atoms with Crippen LogP contribution >= 0.6 is 11.3 Å². The molecule has 1 aromatic carbocycles. The van der Waals surface area contributed by atoms with Gasteiger partial charge >= 0.3 is 0 Å². The molecule has 1 aromatic heterocycles. The molecule has 0 aliphatic carbocycles. The summed E-state index contributed by atoms with van der Waals surface area (Å²) >= 11 is 1.31. The number of hydrogen-bond donors (Lipinski definition) is 0. The molecule has 1 amide bonds. The fourth-order valence-corrected chi connectivity index (χ4v) is 3.93. The van der Waals surface area contributed by atoms with Crippen LogP contribution in [0, 0.1) is 5.92 Å². The number of sulfone groups is 1. The van der Waals surface area contributed by atoms with Crippen LogP contribution in [0.25, 0.3) is 10.2 Å². The summed E-state index contributed by atoms with van der Waals surface area (Å²) in [7, 11) is -3.28. The molecule has 0 aliphatic heterocycles. The fraction of sp³-hybridized carbons (Fsp3) is 0.500. The zero-order chi connectivity index (χ0) is 17.9. The third-order valence-electron chi connectivity index (χ3n) is 3.45. The number of amides is 1. The first kappa shape index (κ1) is 18.8. The van der Waals surface area contributed by atoms with Gasteiger partial charge < -0.3 is 9.30 Å². The number of aromatic nitrogens is 1. The second kappa shape index (κ2) is 7.58.